The molecule has 0 radical (unpaired) electrons. The third-order valence-electron chi connectivity index (χ3n) is 2.44. The van der Waals surface area contributed by atoms with Crippen LogP contribution in [0.5, 0.6) is 0 Å². The van der Waals surface area contributed by atoms with E-state index in [0.717, 1.165) is 0 Å². The maximum Gasteiger partial charge on any atom is 0.335 e. The van der Waals surface area contributed by atoms with E-state index in [0.29, 0.717) is 0 Å². The zero-order valence-electron chi connectivity index (χ0n) is 9.13. The minimum absolute atomic E-state index is 0.358. The van der Waals surface area contributed by atoms with Gasteiger partial charge in [-0.3, -0.25) is 0 Å². The van der Waals surface area contributed by atoms with Crippen LogP contribution in [0.15, 0.2) is 0 Å². The summed E-state index contributed by atoms with van der Waals surface area (Å²) >= 11 is 0. The van der Waals surface area contributed by atoms with Crippen molar-refractivity contribution in [2.24, 2.45) is 0 Å². The Balaban J connectivity index is 2.74. The predicted molar refractivity (Wildman–Crippen MR) is 52.0 cm³/mol. The molecule has 8 nitrogen and oxygen atoms in total. The summed E-state index contributed by atoms with van der Waals surface area (Å²) < 4.78 is 9.82. The quantitative estimate of drug-likeness (QED) is 0.364. The lowest BCUT2D eigenvalue weighted by molar-refractivity contribution is -0.304. The van der Waals surface area contributed by atoms with E-state index in [1.54, 1.807) is 0 Å². The second-order valence-corrected chi connectivity index (χ2v) is 3.86. The summed E-state index contributed by atoms with van der Waals surface area (Å²) in [7, 11) is 0. The molecule has 1 saturated heterocycles. The SMILES string of the molecule is CC(CO)OC1OC(C(=O)O)[C@H](O)C(O)[C@@H]1O. The second-order valence-electron chi connectivity index (χ2n) is 3.86. The molecule has 0 bridgehead atoms. The van der Waals surface area contributed by atoms with Gasteiger partial charge in [-0.15, -0.1) is 0 Å². The molecular weight excluding hydrogens is 236 g/mol. The Morgan fingerprint density at radius 2 is 1.88 bits per heavy atom. The molecule has 0 aromatic heterocycles. The van der Waals surface area contributed by atoms with Crippen LogP contribution in [-0.2, 0) is 14.3 Å². The van der Waals surface area contributed by atoms with Crippen molar-refractivity contribution in [2.45, 2.75) is 43.7 Å². The number of rotatable bonds is 4. The van der Waals surface area contributed by atoms with Gasteiger partial charge < -0.3 is 35.0 Å². The molecule has 1 rings (SSSR count). The van der Waals surface area contributed by atoms with E-state index in [1.807, 2.05) is 0 Å². The van der Waals surface area contributed by atoms with E-state index >= 15 is 0 Å². The Labute approximate surface area is 97.0 Å². The average Bonchev–Trinajstić information content (AvgIpc) is 2.29. The van der Waals surface area contributed by atoms with E-state index in [-0.39, 0.29) is 6.61 Å². The second kappa shape index (κ2) is 5.71. The molecule has 1 aliphatic rings. The molecule has 1 heterocycles. The zero-order chi connectivity index (χ0) is 13.2. The number of aliphatic carboxylic acids is 1. The Morgan fingerprint density at radius 1 is 1.29 bits per heavy atom. The summed E-state index contributed by atoms with van der Waals surface area (Å²) in [5, 5.41) is 45.8. The molecule has 8 heteroatoms. The van der Waals surface area contributed by atoms with Crippen LogP contribution >= 0.6 is 0 Å². The summed E-state index contributed by atoms with van der Waals surface area (Å²) in [6.45, 7) is 1.12. The number of aliphatic hydroxyl groups is 4. The number of carboxylic acid groups (broad SMARTS) is 1. The number of aliphatic hydroxyl groups excluding tert-OH is 4. The van der Waals surface area contributed by atoms with Crippen LogP contribution in [0.2, 0.25) is 0 Å². The highest BCUT2D eigenvalue weighted by Gasteiger charge is 2.47. The summed E-state index contributed by atoms with van der Waals surface area (Å²) in [6, 6.07) is 0. The smallest absolute Gasteiger partial charge is 0.335 e. The molecule has 4 unspecified atom stereocenters. The van der Waals surface area contributed by atoms with Crippen molar-refractivity contribution in [1.29, 1.82) is 0 Å². The zero-order valence-corrected chi connectivity index (χ0v) is 9.13. The van der Waals surface area contributed by atoms with Gasteiger partial charge in [0.2, 0.25) is 0 Å². The van der Waals surface area contributed by atoms with Crippen molar-refractivity contribution in [3.8, 4) is 0 Å². The van der Waals surface area contributed by atoms with Crippen molar-refractivity contribution in [3.05, 3.63) is 0 Å². The van der Waals surface area contributed by atoms with Gasteiger partial charge >= 0.3 is 5.97 Å². The lowest BCUT2D eigenvalue weighted by Gasteiger charge is -2.39. The topological polar surface area (TPSA) is 137 Å². The molecule has 5 N–H and O–H groups in total. The first kappa shape index (κ1) is 14.3. The van der Waals surface area contributed by atoms with Crippen LogP contribution in [0, 0.1) is 0 Å². The molecule has 100 valence electrons. The third kappa shape index (κ3) is 3.12. The number of hydrogen-bond donors (Lipinski definition) is 5. The normalized spacial score (nSPS) is 39.9. The molecule has 1 fully saturated rings. The summed E-state index contributed by atoms with van der Waals surface area (Å²) in [6.07, 6.45) is -8.84. The predicted octanol–water partition coefficient (Wildman–Crippen LogP) is -2.72. The van der Waals surface area contributed by atoms with Crippen molar-refractivity contribution < 1.29 is 39.8 Å². The van der Waals surface area contributed by atoms with E-state index < -0.39 is 42.8 Å². The van der Waals surface area contributed by atoms with Gasteiger partial charge in [0, 0.05) is 0 Å². The number of ether oxygens (including phenoxy) is 2. The fraction of sp³-hybridized carbons (Fsp3) is 0.889. The fourth-order valence-electron chi connectivity index (χ4n) is 1.44. The minimum atomic E-state index is -1.74. The molecule has 0 aliphatic carbocycles. The maximum absolute atomic E-state index is 10.7. The van der Waals surface area contributed by atoms with Crippen molar-refractivity contribution in [3.63, 3.8) is 0 Å². The largest absolute Gasteiger partial charge is 0.479 e. The van der Waals surface area contributed by atoms with E-state index in [4.69, 9.17) is 19.7 Å². The van der Waals surface area contributed by atoms with Crippen molar-refractivity contribution in [2.75, 3.05) is 6.61 Å². The van der Waals surface area contributed by atoms with Gasteiger partial charge in [-0.05, 0) is 6.92 Å². The summed E-state index contributed by atoms with van der Waals surface area (Å²) in [5.74, 6) is -1.48. The number of hydrogen-bond acceptors (Lipinski definition) is 7. The Hall–Kier alpha value is -0.770. The van der Waals surface area contributed by atoms with Crippen molar-refractivity contribution in [1.82, 2.24) is 0 Å². The summed E-state index contributed by atoms with van der Waals surface area (Å²) in [4.78, 5) is 10.7. The molecule has 0 spiro atoms. The summed E-state index contributed by atoms with van der Waals surface area (Å²) in [5.41, 5.74) is 0. The molecule has 0 amide bonds. The average molecular weight is 252 g/mol. The monoisotopic (exact) mass is 252 g/mol. The van der Waals surface area contributed by atoms with Crippen LogP contribution in [0.3, 0.4) is 0 Å². The van der Waals surface area contributed by atoms with E-state index in [2.05, 4.69) is 0 Å². The standard InChI is InChI=1S/C9H16O8/c1-3(2-10)16-9-6(13)4(11)5(12)7(17-9)8(14)15/h3-7,9-13H,2H2,1H3,(H,14,15)/t3?,4?,5-,6+,7?,9?/m1/s1. The first-order valence-corrected chi connectivity index (χ1v) is 5.07. The first-order valence-electron chi connectivity index (χ1n) is 5.07. The van der Waals surface area contributed by atoms with Crippen LogP contribution < -0.4 is 0 Å². The van der Waals surface area contributed by atoms with Gasteiger partial charge in [0.1, 0.15) is 18.3 Å². The van der Waals surface area contributed by atoms with Gasteiger partial charge in [-0.2, -0.15) is 0 Å². The number of carbonyl (C=O) groups is 1. The highest BCUT2D eigenvalue weighted by Crippen LogP contribution is 2.23. The lowest BCUT2D eigenvalue weighted by Crippen LogP contribution is -2.60. The van der Waals surface area contributed by atoms with Gasteiger partial charge in [0.05, 0.1) is 12.7 Å². The molecule has 6 atom stereocenters. The fourth-order valence-corrected chi connectivity index (χ4v) is 1.44. The van der Waals surface area contributed by atoms with E-state index in [1.165, 1.54) is 6.92 Å². The van der Waals surface area contributed by atoms with Gasteiger partial charge in [-0.25, -0.2) is 4.79 Å². The third-order valence-corrected chi connectivity index (χ3v) is 2.44. The van der Waals surface area contributed by atoms with Gasteiger partial charge in [-0.1, -0.05) is 0 Å². The van der Waals surface area contributed by atoms with Crippen LogP contribution in [0.1, 0.15) is 6.92 Å². The van der Waals surface area contributed by atoms with Crippen LogP contribution in [0.4, 0.5) is 0 Å². The molecule has 0 aromatic carbocycles. The van der Waals surface area contributed by atoms with Gasteiger partial charge in [0.25, 0.3) is 0 Å². The highest BCUT2D eigenvalue weighted by molar-refractivity contribution is 5.73. The lowest BCUT2D eigenvalue weighted by atomic mass is 9.99. The van der Waals surface area contributed by atoms with E-state index in [9.17, 15) is 20.1 Å². The Bertz CT molecular complexity index is 270. The molecule has 0 saturated carbocycles. The highest BCUT2D eigenvalue weighted by atomic mass is 16.7. The van der Waals surface area contributed by atoms with Crippen molar-refractivity contribution >= 4 is 5.97 Å². The molecular formula is C9H16O8. The van der Waals surface area contributed by atoms with Gasteiger partial charge in [0.15, 0.2) is 12.4 Å². The minimum Gasteiger partial charge on any atom is -0.479 e. The number of carboxylic acids is 1. The van der Waals surface area contributed by atoms with Crippen LogP contribution in [0.25, 0.3) is 0 Å². The van der Waals surface area contributed by atoms with Crippen LogP contribution in [-0.4, -0.2) is 74.9 Å². The maximum atomic E-state index is 10.7. The Kier molecular flexibility index (Phi) is 4.80. The molecule has 17 heavy (non-hydrogen) atoms. The Morgan fingerprint density at radius 3 is 2.35 bits per heavy atom. The molecule has 0 aromatic rings. The first-order chi connectivity index (χ1) is 7.88. The molecule has 1 aliphatic heterocycles.